The molecule has 0 saturated carbocycles. The molecule has 8 heteroatoms. The summed E-state index contributed by atoms with van der Waals surface area (Å²) < 4.78 is 11.1. The Morgan fingerprint density at radius 3 is 3.04 bits per heavy atom. The number of hydrogen-bond donors (Lipinski definition) is 2. The predicted octanol–water partition coefficient (Wildman–Crippen LogP) is 2.63. The van der Waals surface area contributed by atoms with Gasteiger partial charge in [-0.05, 0) is 18.6 Å². The summed E-state index contributed by atoms with van der Waals surface area (Å²) in [6.45, 7) is 2.77. The molecule has 0 spiro atoms. The molecule has 3 N–H and O–H groups in total. The number of hydrogen-bond acceptors (Lipinski definition) is 7. The molecule has 0 aliphatic carbocycles. The number of aromatic nitrogens is 2. The van der Waals surface area contributed by atoms with Crippen LogP contribution in [0.2, 0.25) is 0 Å². The minimum absolute atomic E-state index is 0.0922. The number of aryl methyl sites for hydroxylation is 1. The standard InChI is InChI=1S/C19H19N5O2S/c1-10-16-17(13(9-20)18(21)26-19(16)24-23-10)11-3-4-14(25-2)12(7-11)8-15-22-5-6-27-15/h3-4,7,17H,5-6,8,21H2,1-2H3,(H,23,24). The van der Waals surface area contributed by atoms with Crippen molar-refractivity contribution >= 4 is 16.8 Å². The minimum Gasteiger partial charge on any atom is -0.496 e. The third-order valence-corrected chi connectivity index (χ3v) is 5.75. The second-order valence-corrected chi connectivity index (χ2v) is 7.53. The van der Waals surface area contributed by atoms with E-state index < -0.39 is 0 Å². The first kappa shape index (κ1) is 17.5. The predicted molar refractivity (Wildman–Crippen MR) is 104 cm³/mol. The zero-order valence-electron chi connectivity index (χ0n) is 15.1. The topological polar surface area (TPSA) is 109 Å². The Kier molecular flexibility index (Phi) is 4.54. The number of H-pyrrole nitrogens is 1. The number of ether oxygens (including phenoxy) is 2. The van der Waals surface area contributed by atoms with Crippen molar-refractivity contribution in [2.45, 2.75) is 19.3 Å². The molecule has 3 heterocycles. The van der Waals surface area contributed by atoms with Gasteiger partial charge < -0.3 is 15.2 Å². The van der Waals surface area contributed by atoms with E-state index in [2.05, 4.69) is 27.3 Å². The highest BCUT2D eigenvalue weighted by Crippen LogP contribution is 2.43. The van der Waals surface area contributed by atoms with Crippen molar-refractivity contribution in [1.29, 1.82) is 5.26 Å². The molecule has 0 saturated heterocycles. The van der Waals surface area contributed by atoms with Crippen LogP contribution >= 0.6 is 11.8 Å². The third kappa shape index (κ3) is 3.04. The molecule has 4 rings (SSSR count). The summed E-state index contributed by atoms with van der Waals surface area (Å²) in [5, 5.41) is 17.9. The lowest BCUT2D eigenvalue weighted by Crippen LogP contribution is -2.21. The number of thioether (sulfide) groups is 1. The fourth-order valence-electron chi connectivity index (χ4n) is 3.50. The van der Waals surface area contributed by atoms with Crippen LogP contribution in [0, 0.1) is 18.3 Å². The summed E-state index contributed by atoms with van der Waals surface area (Å²) in [5.74, 6) is 2.00. The first-order chi connectivity index (χ1) is 13.1. The maximum absolute atomic E-state index is 9.70. The van der Waals surface area contributed by atoms with Gasteiger partial charge in [-0.2, -0.15) is 5.26 Å². The van der Waals surface area contributed by atoms with Gasteiger partial charge in [0.2, 0.25) is 11.8 Å². The smallest absolute Gasteiger partial charge is 0.244 e. The summed E-state index contributed by atoms with van der Waals surface area (Å²) in [5.41, 5.74) is 10.1. The molecule has 2 aliphatic heterocycles. The molecule has 0 amide bonds. The molecule has 1 aromatic heterocycles. The highest BCUT2D eigenvalue weighted by atomic mass is 32.2. The van der Waals surface area contributed by atoms with E-state index in [4.69, 9.17) is 15.2 Å². The van der Waals surface area contributed by atoms with Crippen molar-refractivity contribution < 1.29 is 9.47 Å². The van der Waals surface area contributed by atoms with Crippen LogP contribution < -0.4 is 15.2 Å². The quantitative estimate of drug-likeness (QED) is 0.843. The Labute approximate surface area is 161 Å². The molecular formula is C19H19N5O2S. The molecular weight excluding hydrogens is 362 g/mol. The molecule has 0 radical (unpaired) electrons. The van der Waals surface area contributed by atoms with Gasteiger partial charge in [0.05, 0.1) is 18.1 Å². The number of fused-ring (bicyclic) bond motifs is 1. The van der Waals surface area contributed by atoms with Crippen LogP contribution in [-0.4, -0.2) is 34.6 Å². The van der Waals surface area contributed by atoms with E-state index >= 15 is 0 Å². The van der Waals surface area contributed by atoms with Gasteiger partial charge in [-0.25, -0.2) is 0 Å². The number of aliphatic imine (C=N–C) groups is 1. The number of nitrogens with two attached hydrogens (primary N) is 1. The van der Waals surface area contributed by atoms with Gasteiger partial charge in [-0.3, -0.25) is 10.1 Å². The molecule has 2 aliphatic rings. The molecule has 1 unspecified atom stereocenters. The van der Waals surface area contributed by atoms with Gasteiger partial charge in [-0.15, -0.1) is 16.9 Å². The van der Waals surface area contributed by atoms with E-state index in [0.717, 1.165) is 45.5 Å². The molecule has 0 fully saturated rings. The van der Waals surface area contributed by atoms with Crippen LogP contribution in [0.25, 0.3) is 0 Å². The molecule has 7 nitrogen and oxygen atoms in total. The van der Waals surface area contributed by atoms with E-state index in [-0.39, 0.29) is 11.8 Å². The lowest BCUT2D eigenvalue weighted by Gasteiger charge is -2.24. The van der Waals surface area contributed by atoms with Crippen LogP contribution in [0.4, 0.5) is 0 Å². The van der Waals surface area contributed by atoms with Crippen LogP contribution in [0.5, 0.6) is 11.6 Å². The Morgan fingerprint density at radius 2 is 2.33 bits per heavy atom. The molecule has 2 aromatic rings. The van der Waals surface area contributed by atoms with Crippen LogP contribution in [0.15, 0.2) is 34.6 Å². The number of methoxy groups -OCH3 is 1. The SMILES string of the molecule is COc1ccc(C2C(C#N)=C(N)Oc3n[nH]c(C)c32)cc1CC1=NCCS1. The van der Waals surface area contributed by atoms with Crippen LogP contribution in [0.3, 0.4) is 0 Å². The normalized spacial score (nSPS) is 18.6. The maximum atomic E-state index is 9.70. The molecule has 1 aromatic carbocycles. The number of nitriles is 1. The molecule has 0 bridgehead atoms. The molecule has 27 heavy (non-hydrogen) atoms. The van der Waals surface area contributed by atoms with Crippen molar-refractivity contribution in [2.24, 2.45) is 10.7 Å². The number of allylic oxidation sites excluding steroid dienone is 1. The lowest BCUT2D eigenvalue weighted by atomic mass is 9.83. The minimum atomic E-state index is -0.333. The van der Waals surface area contributed by atoms with E-state index in [1.807, 2.05) is 19.1 Å². The highest BCUT2D eigenvalue weighted by molar-refractivity contribution is 8.14. The van der Waals surface area contributed by atoms with Gasteiger partial charge >= 0.3 is 0 Å². The number of nitrogens with one attached hydrogen (secondary N) is 1. The van der Waals surface area contributed by atoms with Gasteiger partial charge in [0.1, 0.15) is 17.4 Å². The largest absolute Gasteiger partial charge is 0.496 e. The van der Waals surface area contributed by atoms with Gasteiger partial charge in [0, 0.05) is 35.5 Å². The Morgan fingerprint density at radius 1 is 1.48 bits per heavy atom. The van der Waals surface area contributed by atoms with Crippen molar-refractivity contribution in [3.63, 3.8) is 0 Å². The third-order valence-electron chi connectivity index (χ3n) is 4.76. The van der Waals surface area contributed by atoms with Gasteiger partial charge in [-0.1, -0.05) is 12.1 Å². The summed E-state index contributed by atoms with van der Waals surface area (Å²) in [7, 11) is 1.66. The Balaban J connectivity index is 1.82. The van der Waals surface area contributed by atoms with E-state index in [0.29, 0.717) is 17.9 Å². The van der Waals surface area contributed by atoms with E-state index in [1.165, 1.54) is 0 Å². The summed E-state index contributed by atoms with van der Waals surface area (Å²) in [4.78, 5) is 4.54. The summed E-state index contributed by atoms with van der Waals surface area (Å²) in [6, 6.07) is 8.17. The Bertz CT molecular complexity index is 1000. The number of benzene rings is 1. The second kappa shape index (κ2) is 7.00. The zero-order valence-corrected chi connectivity index (χ0v) is 15.9. The van der Waals surface area contributed by atoms with Crippen molar-refractivity contribution in [1.82, 2.24) is 10.2 Å². The number of nitrogens with zero attached hydrogens (tertiary/aromatic N) is 3. The lowest BCUT2D eigenvalue weighted by molar-refractivity contribution is 0.378. The Hall–Kier alpha value is -2.92. The summed E-state index contributed by atoms with van der Waals surface area (Å²) >= 11 is 1.77. The maximum Gasteiger partial charge on any atom is 0.244 e. The zero-order chi connectivity index (χ0) is 19.0. The molecule has 138 valence electrons. The van der Waals surface area contributed by atoms with Gasteiger partial charge in [0.25, 0.3) is 0 Å². The van der Waals surface area contributed by atoms with Crippen LogP contribution in [-0.2, 0) is 6.42 Å². The average molecular weight is 381 g/mol. The fraction of sp³-hybridized carbons (Fsp3) is 0.316. The average Bonchev–Trinajstić information content (AvgIpc) is 3.30. The van der Waals surface area contributed by atoms with Crippen molar-refractivity contribution in [3.8, 4) is 17.7 Å². The van der Waals surface area contributed by atoms with E-state index in [9.17, 15) is 5.26 Å². The summed E-state index contributed by atoms with van der Waals surface area (Å²) in [6.07, 6.45) is 0.712. The second-order valence-electron chi connectivity index (χ2n) is 6.36. The molecule has 1 atom stereocenters. The van der Waals surface area contributed by atoms with Crippen molar-refractivity contribution in [2.75, 3.05) is 19.4 Å². The fourth-order valence-corrected chi connectivity index (χ4v) is 4.36. The first-order valence-electron chi connectivity index (χ1n) is 8.57. The number of rotatable bonds is 4. The van der Waals surface area contributed by atoms with Crippen LogP contribution in [0.1, 0.15) is 28.3 Å². The van der Waals surface area contributed by atoms with Crippen molar-refractivity contribution in [3.05, 3.63) is 52.0 Å². The first-order valence-corrected chi connectivity index (χ1v) is 9.56. The highest BCUT2D eigenvalue weighted by Gasteiger charge is 2.34. The van der Waals surface area contributed by atoms with E-state index in [1.54, 1.807) is 18.9 Å². The van der Waals surface area contributed by atoms with Gasteiger partial charge in [0.15, 0.2) is 0 Å². The number of aromatic amines is 1. The monoisotopic (exact) mass is 381 g/mol.